The quantitative estimate of drug-likeness (QED) is 0.305. The van der Waals surface area contributed by atoms with Gasteiger partial charge in [0.2, 0.25) is 11.9 Å². The topological polar surface area (TPSA) is 100.0 Å². The van der Waals surface area contributed by atoms with Crippen molar-refractivity contribution in [3.63, 3.8) is 0 Å². The summed E-state index contributed by atoms with van der Waals surface area (Å²) in [5.41, 5.74) is 12.3. The molecule has 0 atom stereocenters. The van der Waals surface area contributed by atoms with Gasteiger partial charge in [-0.05, 0) is 28.8 Å². The number of nitrogen functional groups attached to an aromatic ring is 1. The van der Waals surface area contributed by atoms with E-state index in [1.165, 1.54) is 0 Å². The van der Waals surface area contributed by atoms with E-state index < -0.39 is 6.09 Å². The zero-order valence-corrected chi connectivity index (χ0v) is 21.8. The lowest BCUT2D eigenvalue weighted by atomic mass is 10.2. The van der Waals surface area contributed by atoms with Gasteiger partial charge in [0.05, 0.1) is 22.1 Å². The normalized spacial score (nSPS) is 10.2. The first-order chi connectivity index (χ1) is 17.4. The van der Waals surface area contributed by atoms with Gasteiger partial charge in [0.15, 0.2) is 0 Å². The Hall–Kier alpha value is -4.50. The molecule has 5 aromatic rings. The number of carbonyl (C=O) groups is 1. The summed E-state index contributed by atoms with van der Waals surface area (Å²) in [6.07, 6.45) is 3.04. The van der Waals surface area contributed by atoms with E-state index >= 15 is 0 Å². The van der Waals surface area contributed by atoms with Gasteiger partial charge in [0, 0.05) is 14.1 Å². The fourth-order valence-electron chi connectivity index (χ4n) is 3.91. The lowest BCUT2D eigenvalue weighted by Crippen LogP contribution is -2.16. The molecule has 0 unspecified atom stereocenters. The van der Waals surface area contributed by atoms with Crippen molar-refractivity contribution in [2.75, 3.05) is 11.1 Å². The van der Waals surface area contributed by atoms with Crippen molar-refractivity contribution < 1.29 is 9.53 Å². The van der Waals surface area contributed by atoms with Gasteiger partial charge in [-0.25, -0.2) is 14.8 Å². The summed E-state index contributed by atoms with van der Waals surface area (Å²) in [5.74, 6) is 0.969. The number of aryl methyl sites for hydroxylation is 2. The van der Waals surface area contributed by atoms with E-state index in [1.54, 1.807) is 6.08 Å². The molecule has 0 saturated carbocycles. The maximum Gasteiger partial charge on any atom is 0.414 e. The van der Waals surface area contributed by atoms with Crippen LogP contribution in [0.1, 0.15) is 16.7 Å². The number of hydrogen-bond acceptors (Lipinski definition) is 5. The molecule has 5 rings (SSSR count). The van der Waals surface area contributed by atoms with Gasteiger partial charge in [0.1, 0.15) is 6.61 Å². The number of amides is 1. The molecule has 0 aliphatic heterocycles. The molecule has 0 fully saturated rings. The van der Waals surface area contributed by atoms with Crippen LogP contribution in [0.2, 0.25) is 0 Å². The van der Waals surface area contributed by atoms with Gasteiger partial charge < -0.3 is 19.6 Å². The Morgan fingerprint density at radius 2 is 1.46 bits per heavy atom. The number of aromatic nitrogens is 4. The molecule has 9 heteroatoms. The molecule has 0 aliphatic rings. The monoisotopic (exact) mass is 514 g/mol. The number of nitrogens with zero attached hydrogens (tertiary/aromatic N) is 4. The second kappa shape index (κ2) is 12.0. The number of para-hydroxylation sites is 2. The average Bonchev–Trinajstić information content (AvgIpc) is 3.38. The number of nitrogens with two attached hydrogens (primary N) is 1. The Morgan fingerprint density at radius 1 is 0.892 bits per heavy atom. The smallest absolute Gasteiger partial charge is 0.414 e. The third-order valence-corrected chi connectivity index (χ3v) is 5.75. The van der Waals surface area contributed by atoms with Crippen LogP contribution in [0.15, 0.2) is 79.9 Å². The van der Waals surface area contributed by atoms with Crippen LogP contribution in [0.3, 0.4) is 0 Å². The van der Waals surface area contributed by atoms with Crippen LogP contribution in [0.4, 0.5) is 16.7 Å². The molecule has 8 nitrogen and oxygen atoms in total. The van der Waals surface area contributed by atoms with Crippen molar-refractivity contribution >= 4 is 65.7 Å². The summed E-state index contributed by atoms with van der Waals surface area (Å²) in [5, 5.41) is 2.68. The molecule has 0 spiro atoms. The first-order valence-corrected chi connectivity index (χ1v) is 11.3. The van der Waals surface area contributed by atoms with Crippen LogP contribution in [-0.2, 0) is 25.4 Å². The first kappa shape index (κ1) is 27.1. The minimum absolute atomic E-state index is 0. The summed E-state index contributed by atoms with van der Waals surface area (Å²) in [6.45, 7) is 7.77. The third kappa shape index (κ3) is 5.84. The third-order valence-electron chi connectivity index (χ3n) is 5.75. The average molecular weight is 515 g/mol. The lowest BCUT2D eigenvalue weighted by Gasteiger charge is -2.07. The van der Waals surface area contributed by atoms with Crippen LogP contribution in [-0.4, -0.2) is 25.2 Å². The summed E-state index contributed by atoms with van der Waals surface area (Å²) < 4.78 is 8.90. The van der Waals surface area contributed by atoms with Gasteiger partial charge in [-0.2, -0.15) is 13.5 Å². The predicted octanol–water partition coefficient (Wildman–Crippen LogP) is 5.88. The zero-order chi connectivity index (χ0) is 25.7. The molecular weight excluding hydrogens is 484 g/mol. The van der Waals surface area contributed by atoms with Gasteiger partial charge in [-0.1, -0.05) is 79.9 Å². The first-order valence-electron chi connectivity index (χ1n) is 11.3. The van der Waals surface area contributed by atoms with Crippen molar-refractivity contribution in [1.29, 1.82) is 0 Å². The molecule has 190 valence electrons. The van der Waals surface area contributed by atoms with E-state index in [-0.39, 0.29) is 20.1 Å². The summed E-state index contributed by atoms with van der Waals surface area (Å²) in [7, 11) is 3.74. The number of rotatable bonds is 5. The number of ether oxygens (including phenoxy) is 1. The molecule has 3 aromatic carbocycles. The highest BCUT2D eigenvalue weighted by atomic mass is 32.1. The van der Waals surface area contributed by atoms with E-state index in [2.05, 4.69) is 28.4 Å². The van der Waals surface area contributed by atoms with Crippen LogP contribution < -0.4 is 11.1 Å². The van der Waals surface area contributed by atoms with Crippen LogP contribution >= 0.6 is 13.5 Å². The van der Waals surface area contributed by atoms with E-state index in [0.29, 0.717) is 11.9 Å². The number of imidazole rings is 2. The molecule has 0 bridgehead atoms. The molecule has 2 heterocycles. The fourth-order valence-corrected chi connectivity index (χ4v) is 3.91. The van der Waals surface area contributed by atoms with Gasteiger partial charge >= 0.3 is 6.09 Å². The zero-order valence-electron chi connectivity index (χ0n) is 20.8. The molecule has 1 amide bonds. The Bertz CT molecular complexity index is 1560. The van der Waals surface area contributed by atoms with E-state index in [9.17, 15) is 4.79 Å². The molecular formula is C28H30N6O2S. The van der Waals surface area contributed by atoms with Crippen molar-refractivity contribution in [2.24, 2.45) is 14.1 Å². The summed E-state index contributed by atoms with van der Waals surface area (Å²) in [4.78, 5) is 20.6. The Kier molecular flexibility index (Phi) is 8.76. The Balaban J connectivity index is 0.000000231. The number of benzene rings is 3. The summed E-state index contributed by atoms with van der Waals surface area (Å²) >= 11 is 0. The molecule has 2 aromatic heterocycles. The number of fused-ring (bicyclic) bond motifs is 2. The number of nitrogens with one attached hydrogen (secondary N) is 1. The maximum absolute atomic E-state index is 12.0. The number of carbonyl (C=O) groups excluding carboxylic acids is 1. The summed E-state index contributed by atoms with van der Waals surface area (Å²) in [6, 6.07) is 21.2. The van der Waals surface area contributed by atoms with Crippen molar-refractivity contribution in [3.8, 4) is 0 Å². The standard InChI is InChI=1S/C18H17N3O2.C10H11N3.H2S/c1-3-14-10-7-11-15-16(14)21(2)17(19-15)20-18(22)23-12-13-8-5-4-6-9-13;1-3-7-5-4-6-8-9(7)13(2)10(11)12-8;/h3-11H,1,12H2,2H3,(H,19,20,22);3-6H,1H2,2H3,(H2,11,12);1H2. The Labute approximate surface area is 222 Å². The minimum Gasteiger partial charge on any atom is -0.444 e. The van der Waals surface area contributed by atoms with Crippen LogP contribution in [0.5, 0.6) is 0 Å². The molecule has 3 N–H and O–H groups in total. The minimum atomic E-state index is -0.535. The highest BCUT2D eigenvalue weighted by molar-refractivity contribution is 7.59. The van der Waals surface area contributed by atoms with Crippen molar-refractivity contribution in [2.45, 2.75) is 6.61 Å². The Morgan fingerprint density at radius 3 is 2.05 bits per heavy atom. The molecule has 37 heavy (non-hydrogen) atoms. The number of anilines is 2. The second-order valence-corrected chi connectivity index (χ2v) is 8.05. The van der Waals surface area contributed by atoms with Crippen molar-refractivity contribution in [1.82, 2.24) is 19.1 Å². The second-order valence-electron chi connectivity index (χ2n) is 8.05. The molecule has 0 saturated heterocycles. The fraction of sp³-hybridized carbons (Fsp3) is 0.107. The highest BCUT2D eigenvalue weighted by Gasteiger charge is 2.13. The van der Waals surface area contributed by atoms with Crippen molar-refractivity contribution in [3.05, 3.63) is 96.6 Å². The SMILES string of the molecule is C=Cc1cccc2nc(N)n(C)c12.C=Cc1cccc2nc(NC(=O)OCc3ccccc3)n(C)c12.S. The van der Waals surface area contributed by atoms with E-state index in [4.69, 9.17) is 10.5 Å². The number of hydrogen-bond donors (Lipinski definition) is 2. The van der Waals surface area contributed by atoms with Crippen LogP contribution in [0.25, 0.3) is 34.2 Å². The lowest BCUT2D eigenvalue weighted by molar-refractivity contribution is 0.155. The molecule has 0 aliphatic carbocycles. The van der Waals surface area contributed by atoms with Crippen LogP contribution in [0, 0.1) is 0 Å². The van der Waals surface area contributed by atoms with Gasteiger partial charge in [0.25, 0.3) is 0 Å². The maximum atomic E-state index is 12.0. The van der Waals surface area contributed by atoms with E-state index in [0.717, 1.165) is 38.8 Å². The molecule has 0 radical (unpaired) electrons. The largest absolute Gasteiger partial charge is 0.444 e. The van der Waals surface area contributed by atoms with Gasteiger partial charge in [-0.15, -0.1) is 0 Å². The van der Waals surface area contributed by atoms with E-state index in [1.807, 2.05) is 96.0 Å². The van der Waals surface area contributed by atoms with Gasteiger partial charge in [-0.3, -0.25) is 5.32 Å². The predicted molar refractivity (Wildman–Crippen MR) is 157 cm³/mol. The highest BCUT2D eigenvalue weighted by Crippen LogP contribution is 2.23.